The molecule has 11 nitrogen and oxygen atoms in total. The SMILES string of the molecule is C.CCOc1ccc(S(=O)(=O)Nc2ccc(OC)c(OCC(C)C)c2)cc1-c1nn2c(C3CCCC3)nc(C)c2c(=O)[nH]1. The average molecular weight is 612 g/mol. The van der Waals surface area contributed by atoms with Crippen molar-refractivity contribution in [2.24, 2.45) is 5.92 Å². The van der Waals surface area contributed by atoms with E-state index in [1.807, 2.05) is 20.8 Å². The monoisotopic (exact) mass is 611 g/mol. The van der Waals surface area contributed by atoms with Gasteiger partial charge in [-0.15, -0.1) is 5.10 Å². The predicted molar refractivity (Wildman–Crippen MR) is 167 cm³/mol. The van der Waals surface area contributed by atoms with Gasteiger partial charge in [0, 0.05) is 12.0 Å². The van der Waals surface area contributed by atoms with Gasteiger partial charge in [-0.2, -0.15) is 0 Å². The zero-order chi connectivity index (χ0) is 30.0. The van der Waals surface area contributed by atoms with E-state index in [2.05, 4.69) is 9.71 Å². The fourth-order valence-corrected chi connectivity index (χ4v) is 6.30. The standard InChI is InChI=1S/C30H37N5O6S.CH4/c1-6-40-24-14-12-22(42(37,38)34-21-11-13-25(39-5)26(15-21)41-17-18(2)3)16-23(24)28-32-30(36)27-19(4)31-29(35(27)33-28)20-9-7-8-10-20;/h11-16,18,20,34H,6-10,17H2,1-5H3,(H,32,33,36);1H4. The van der Waals surface area contributed by atoms with Crippen LogP contribution in [0, 0.1) is 12.8 Å². The van der Waals surface area contributed by atoms with Crippen molar-refractivity contribution in [1.29, 1.82) is 0 Å². The van der Waals surface area contributed by atoms with Crippen LogP contribution in [0.5, 0.6) is 17.2 Å². The Hall–Kier alpha value is -4.06. The van der Waals surface area contributed by atoms with Crippen LogP contribution in [0.25, 0.3) is 16.9 Å². The maximum Gasteiger partial charge on any atom is 0.277 e. The summed E-state index contributed by atoms with van der Waals surface area (Å²) in [6.07, 6.45) is 4.19. The molecule has 0 spiro atoms. The number of fused-ring (bicyclic) bond motifs is 1. The van der Waals surface area contributed by atoms with Crippen molar-refractivity contribution in [1.82, 2.24) is 19.6 Å². The van der Waals surface area contributed by atoms with Crippen LogP contribution in [-0.2, 0) is 10.0 Å². The van der Waals surface area contributed by atoms with Gasteiger partial charge in [-0.05, 0) is 62.9 Å². The number of anilines is 1. The Morgan fingerprint density at radius 1 is 1.07 bits per heavy atom. The lowest BCUT2D eigenvalue weighted by Gasteiger charge is -2.16. The molecule has 12 heteroatoms. The van der Waals surface area contributed by atoms with Gasteiger partial charge in [0.2, 0.25) is 0 Å². The third-order valence-corrected chi connectivity index (χ3v) is 8.60. The first-order valence-electron chi connectivity index (χ1n) is 14.2. The molecule has 0 saturated heterocycles. The van der Waals surface area contributed by atoms with Crippen molar-refractivity contribution in [2.75, 3.05) is 25.0 Å². The fraction of sp³-hybridized carbons (Fsp3) is 0.452. The lowest BCUT2D eigenvalue weighted by molar-refractivity contribution is 0.257. The van der Waals surface area contributed by atoms with Crippen molar-refractivity contribution < 1.29 is 22.6 Å². The lowest BCUT2D eigenvalue weighted by atomic mass is 10.1. The molecule has 2 aromatic carbocycles. The molecule has 2 heterocycles. The molecule has 0 aliphatic heterocycles. The second-order valence-electron chi connectivity index (χ2n) is 10.9. The number of H-pyrrole nitrogens is 1. The molecule has 232 valence electrons. The smallest absolute Gasteiger partial charge is 0.277 e. The highest BCUT2D eigenvalue weighted by molar-refractivity contribution is 7.92. The summed E-state index contributed by atoms with van der Waals surface area (Å²) in [4.78, 5) is 20.7. The van der Waals surface area contributed by atoms with Crippen LogP contribution < -0.4 is 24.5 Å². The van der Waals surface area contributed by atoms with E-state index in [0.29, 0.717) is 52.9 Å². The van der Waals surface area contributed by atoms with Gasteiger partial charge < -0.3 is 19.2 Å². The number of hydrogen-bond donors (Lipinski definition) is 2. The van der Waals surface area contributed by atoms with E-state index in [4.69, 9.17) is 24.3 Å². The van der Waals surface area contributed by atoms with Gasteiger partial charge in [-0.3, -0.25) is 9.52 Å². The van der Waals surface area contributed by atoms with Crippen molar-refractivity contribution >= 4 is 21.2 Å². The van der Waals surface area contributed by atoms with Gasteiger partial charge >= 0.3 is 0 Å². The van der Waals surface area contributed by atoms with Crippen LogP contribution in [0.4, 0.5) is 5.69 Å². The van der Waals surface area contributed by atoms with Crippen molar-refractivity contribution in [3.8, 4) is 28.6 Å². The summed E-state index contributed by atoms with van der Waals surface area (Å²) in [5.74, 6) is 2.77. The third-order valence-electron chi connectivity index (χ3n) is 7.23. The molecule has 1 aliphatic carbocycles. The van der Waals surface area contributed by atoms with Crippen LogP contribution in [0.3, 0.4) is 0 Å². The van der Waals surface area contributed by atoms with Crippen LogP contribution in [0.1, 0.15) is 71.3 Å². The first-order valence-corrected chi connectivity index (χ1v) is 15.7. The summed E-state index contributed by atoms with van der Waals surface area (Å²) in [5, 5.41) is 4.76. The summed E-state index contributed by atoms with van der Waals surface area (Å²) in [7, 11) is -2.53. The molecule has 1 fully saturated rings. The predicted octanol–water partition coefficient (Wildman–Crippen LogP) is 5.93. The van der Waals surface area contributed by atoms with E-state index in [1.54, 1.807) is 35.7 Å². The second kappa shape index (κ2) is 13.1. The third kappa shape index (κ3) is 6.64. The van der Waals surface area contributed by atoms with Crippen LogP contribution in [0.2, 0.25) is 0 Å². The van der Waals surface area contributed by atoms with Gasteiger partial charge in [0.25, 0.3) is 15.6 Å². The van der Waals surface area contributed by atoms with Crippen LogP contribution in [0.15, 0.2) is 46.1 Å². The molecule has 2 N–H and O–H groups in total. The number of ether oxygens (including phenoxy) is 3. The fourth-order valence-electron chi connectivity index (χ4n) is 5.23. The van der Waals surface area contributed by atoms with Crippen molar-refractivity contribution in [2.45, 2.75) is 71.6 Å². The zero-order valence-electron chi connectivity index (χ0n) is 24.6. The molecule has 1 saturated carbocycles. The number of imidazole rings is 1. The van der Waals surface area contributed by atoms with E-state index in [0.717, 1.165) is 31.5 Å². The molecule has 1 aliphatic rings. The minimum Gasteiger partial charge on any atom is -0.493 e. The zero-order valence-corrected chi connectivity index (χ0v) is 25.4. The normalized spacial score (nSPS) is 13.7. The molecule has 0 radical (unpaired) electrons. The summed E-state index contributed by atoms with van der Waals surface area (Å²) >= 11 is 0. The number of rotatable bonds is 11. The molecule has 4 aromatic rings. The molecule has 0 bridgehead atoms. The van der Waals surface area contributed by atoms with Gasteiger partial charge in [0.1, 0.15) is 11.6 Å². The Labute approximate surface area is 252 Å². The van der Waals surface area contributed by atoms with Crippen molar-refractivity contribution in [3.63, 3.8) is 0 Å². The van der Waals surface area contributed by atoms with E-state index in [9.17, 15) is 13.2 Å². The van der Waals surface area contributed by atoms with E-state index >= 15 is 0 Å². The quantitative estimate of drug-likeness (QED) is 0.213. The Bertz CT molecular complexity index is 1760. The number of nitrogens with one attached hydrogen (secondary N) is 2. The van der Waals surface area contributed by atoms with E-state index in [1.165, 1.54) is 19.2 Å². The van der Waals surface area contributed by atoms with E-state index in [-0.39, 0.29) is 35.5 Å². The number of aromatic amines is 1. The number of aromatic nitrogens is 4. The molecule has 0 atom stereocenters. The maximum atomic E-state index is 13.6. The molecule has 0 unspecified atom stereocenters. The molecule has 2 aromatic heterocycles. The topological polar surface area (TPSA) is 137 Å². The van der Waals surface area contributed by atoms with Crippen molar-refractivity contribution in [3.05, 3.63) is 58.3 Å². The van der Waals surface area contributed by atoms with Gasteiger partial charge in [0.15, 0.2) is 22.8 Å². The molecular formula is C31H41N5O6S. The highest BCUT2D eigenvalue weighted by atomic mass is 32.2. The first kappa shape index (κ1) is 31.9. The summed E-state index contributed by atoms with van der Waals surface area (Å²) < 4.78 is 48.4. The Morgan fingerprint density at radius 3 is 2.47 bits per heavy atom. The number of aryl methyl sites for hydroxylation is 1. The minimum absolute atomic E-state index is 0. The maximum absolute atomic E-state index is 13.6. The summed E-state index contributed by atoms with van der Waals surface area (Å²) in [6.45, 7) is 8.45. The number of benzene rings is 2. The van der Waals surface area contributed by atoms with Crippen LogP contribution in [-0.4, -0.2) is 48.3 Å². The highest BCUT2D eigenvalue weighted by Gasteiger charge is 2.26. The number of nitrogens with zero attached hydrogens (tertiary/aromatic N) is 3. The van der Waals surface area contributed by atoms with Gasteiger partial charge in [-0.25, -0.2) is 17.9 Å². The Morgan fingerprint density at radius 2 is 1.79 bits per heavy atom. The van der Waals surface area contributed by atoms with Gasteiger partial charge in [0.05, 0.1) is 42.2 Å². The Balaban J connectivity index is 0.00000423. The number of hydrogen-bond acceptors (Lipinski definition) is 8. The van der Waals surface area contributed by atoms with Gasteiger partial charge in [-0.1, -0.05) is 34.1 Å². The Kier molecular flexibility index (Phi) is 9.69. The molecule has 0 amide bonds. The van der Waals surface area contributed by atoms with Crippen LogP contribution >= 0.6 is 0 Å². The average Bonchev–Trinajstić information content (AvgIpc) is 3.60. The number of methoxy groups -OCH3 is 1. The summed E-state index contributed by atoms with van der Waals surface area (Å²) in [5.41, 5.74) is 1.31. The largest absolute Gasteiger partial charge is 0.493 e. The molecule has 43 heavy (non-hydrogen) atoms. The molecule has 5 rings (SSSR count). The first-order chi connectivity index (χ1) is 20.1. The number of sulfonamides is 1. The van der Waals surface area contributed by atoms with E-state index < -0.39 is 10.0 Å². The molecular weight excluding hydrogens is 570 g/mol. The highest BCUT2D eigenvalue weighted by Crippen LogP contribution is 2.36. The lowest BCUT2D eigenvalue weighted by Crippen LogP contribution is -2.17. The summed E-state index contributed by atoms with van der Waals surface area (Å²) in [6, 6.07) is 9.32. The second-order valence-corrected chi connectivity index (χ2v) is 12.5. The minimum atomic E-state index is -4.05.